The molecule has 6 heteroatoms. The standard InChI is InChI=1S/C28H28N4O2/c33-28(30-18-22-8-4-7-21(16-22)15-20-5-2-1-3-6-20)25-10-9-23-19-29-27(17-26(23)32-25)31-24-11-13-34-14-12-24/h1-10,16-17,19,24H,11-15,18H2,(H,29,31)(H,30,33). The third-order valence-corrected chi connectivity index (χ3v) is 6.08. The Morgan fingerprint density at radius 1 is 0.912 bits per heavy atom. The molecule has 5 rings (SSSR count). The molecule has 2 N–H and O–H groups in total. The number of benzene rings is 2. The lowest BCUT2D eigenvalue weighted by molar-refractivity contribution is 0.0903. The van der Waals surface area contributed by atoms with Crippen molar-refractivity contribution >= 4 is 22.6 Å². The van der Waals surface area contributed by atoms with Crippen LogP contribution in [0.25, 0.3) is 10.9 Å². The highest BCUT2D eigenvalue weighted by molar-refractivity contribution is 5.95. The summed E-state index contributed by atoms with van der Waals surface area (Å²) in [4.78, 5) is 21.9. The molecule has 1 aliphatic rings. The third kappa shape index (κ3) is 5.58. The molecule has 6 nitrogen and oxygen atoms in total. The van der Waals surface area contributed by atoms with Crippen molar-refractivity contribution in [2.24, 2.45) is 0 Å². The summed E-state index contributed by atoms with van der Waals surface area (Å²) < 4.78 is 5.42. The lowest BCUT2D eigenvalue weighted by Crippen LogP contribution is -2.28. The summed E-state index contributed by atoms with van der Waals surface area (Å²) in [5.41, 5.74) is 4.70. The van der Waals surface area contributed by atoms with E-state index in [4.69, 9.17) is 4.74 Å². The molecule has 2 aromatic carbocycles. The van der Waals surface area contributed by atoms with Crippen LogP contribution >= 0.6 is 0 Å². The van der Waals surface area contributed by atoms with Gasteiger partial charge in [0, 0.05) is 43.4 Å². The lowest BCUT2D eigenvalue weighted by atomic mass is 10.0. The molecule has 0 bridgehead atoms. The highest BCUT2D eigenvalue weighted by Gasteiger charge is 2.15. The Hall–Kier alpha value is -3.77. The van der Waals surface area contributed by atoms with Gasteiger partial charge in [-0.15, -0.1) is 0 Å². The quantitative estimate of drug-likeness (QED) is 0.424. The number of rotatable bonds is 7. The van der Waals surface area contributed by atoms with Gasteiger partial charge in [-0.05, 0) is 48.1 Å². The van der Waals surface area contributed by atoms with Gasteiger partial charge in [0.05, 0.1) is 5.52 Å². The van der Waals surface area contributed by atoms with Crippen LogP contribution in [-0.4, -0.2) is 35.1 Å². The van der Waals surface area contributed by atoms with Crippen molar-refractivity contribution in [1.29, 1.82) is 0 Å². The van der Waals surface area contributed by atoms with Crippen molar-refractivity contribution in [3.63, 3.8) is 0 Å². The van der Waals surface area contributed by atoms with Gasteiger partial charge >= 0.3 is 0 Å². The van der Waals surface area contributed by atoms with Crippen LogP contribution in [0.3, 0.4) is 0 Å². The van der Waals surface area contributed by atoms with Crippen molar-refractivity contribution in [3.8, 4) is 0 Å². The average molecular weight is 453 g/mol. The molecule has 4 aromatic rings. The average Bonchev–Trinajstić information content (AvgIpc) is 2.88. The summed E-state index contributed by atoms with van der Waals surface area (Å²) in [6.07, 6.45) is 4.58. The van der Waals surface area contributed by atoms with Gasteiger partial charge in [-0.25, -0.2) is 9.97 Å². The summed E-state index contributed by atoms with van der Waals surface area (Å²) >= 11 is 0. The van der Waals surface area contributed by atoms with Crippen molar-refractivity contribution in [2.75, 3.05) is 18.5 Å². The van der Waals surface area contributed by atoms with Crippen LogP contribution in [0.5, 0.6) is 0 Å². The fraction of sp³-hybridized carbons (Fsp3) is 0.250. The summed E-state index contributed by atoms with van der Waals surface area (Å²) in [6, 6.07) is 24.6. The molecule has 1 amide bonds. The van der Waals surface area contributed by atoms with Gasteiger partial charge in [0.1, 0.15) is 11.5 Å². The first-order chi connectivity index (χ1) is 16.7. The molecular weight excluding hydrogens is 424 g/mol. The molecule has 1 saturated heterocycles. The number of fused-ring (bicyclic) bond motifs is 1. The number of amides is 1. The van der Waals surface area contributed by atoms with Gasteiger partial charge in [-0.3, -0.25) is 4.79 Å². The van der Waals surface area contributed by atoms with Gasteiger partial charge in [-0.2, -0.15) is 0 Å². The maximum Gasteiger partial charge on any atom is 0.270 e. The summed E-state index contributed by atoms with van der Waals surface area (Å²) in [6.45, 7) is 1.99. The number of carbonyl (C=O) groups excluding carboxylic acids is 1. The van der Waals surface area contributed by atoms with E-state index < -0.39 is 0 Å². The van der Waals surface area contributed by atoms with E-state index in [9.17, 15) is 4.79 Å². The minimum Gasteiger partial charge on any atom is -0.381 e. The Bertz CT molecular complexity index is 1270. The van der Waals surface area contributed by atoms with E-state index in [1.165, 1.54) is 11.1 Å². The van der Waals surface area contributed by atoms with Crippen LogP contribution in [-0.2, 0) is 17.7 Å². The number of carbonyl (C=O) groups is 1. The second-order valence-corrected chi connectivity index (χ2v) is 8.65. The van der Waals surface area contributed by atoms with Crippen molar-refractivity contribution in [2.45, 2.75) is 31.8 Å². The summed E-state index contributed by atoms with van der Waals surface area (Å²) in [5, 5.41) is 7.37. The van der Waals surface area contributed by atoms with E-state index in [0.29, 0.717) is 18.3 Å². The number of nitrogens with zero attached hydrogens (tertiary/aromatic N) is 2. The normalized spacial score (nSPS) is 14.1. The van der Waals surface area contributed by atoms with Crippen LogP contribution < -0.4 is 10.6 Å². The number of pyridine rings is 2. The van der Waals surface area contributed by atoms with Crippen LogP contribution in [0.15, 0.2) is 79.0 Å². The van der Waals surface area contributed by atoms with E-state index in [2.05, 4.69) is 57.0 Å². The Kier molecular flexibility index (Phi) is 6.77. The summed E-state index contributed by atoms with van der Waals surface area (Å²) in [5.74, 6) is 0.589. The molecule has 172 valence electrons. The predicted molar refractivity (Wildman–Crippen MR) is 134 cm³/mol. The van der Waals surface area contributed by atoms with Crippen LogP contribution in [0, 0.1) is 0 Å². The molecule has 0 radical (unpaired) electrons. The first-order valence-corrected chi connectivity index (χ1v) is 11.7. The fourth-order valence-electron chi connectivity index (χ4n) is 4.23. The van der Waals surface area contributed by atoms with Crippen LogP contribution in [0.4, 0.5) is 5.82 Å². The van der Waals surface area contributed by atoms with E-state index in [0.717, 1.165) is 54.8 Å². The van der Waals surface area contributed by atoms with E-state index >= 15 is 0 Å². The molecule has 3 heterocycles. The molecule has 0 unspecified atom stereocenters. The van der Waals surface area contributed by atoms with E-state index in [-0.39, 0.29) is 5.91 Å². The zero-order chi connectivity index (χ0) is 23.2. The molecule has 0 aliphatic carbocycles. The monoisotopic (exact) mass is 452 g/mol. The van der Waals surface area contributed by atoms with Gasteiger partial charge in [0.15, 0.2) is 0 Å². The molecule has 2 aromatic heterocycles. The van der Waals surface area contributed by atoms with Crippen molar-refractivity contribution in [1.82, 2.24) is 15.3 Å². The Balaban J connectivity index is 1.24. The third-order valence-electron chi connectivity index (χ3n) is 6.08. The minimum absolute atomic E-state index is 0.189. The molecule has 1 fully saturated rings. The topological polar surface area (TPSA) is 76.1 Å². The molecular formula is C28H28N4O2. The zero-order valence-electron chi connectivity index (χ0n) is 19.0. The summed E-state index contributed by atoms with van der Waals surface area (Å²) in [7, 11) is 0. The van der Waals surface area contributed by atoms with Gasteiger partial charge in [0.2, 0.25) is 0 Å². The molecule has 0 saturated carbocycles. The number of hydrogen-bond acceptors (Lipinski definition) is 5. The lowest BCUT2D eigenvalue weighted by Gasteiger charge is -2.23. The highest BCUT2D eigenvalue weighted by atomic mass is 16.5. The van der Waals surface area contributed by atoms with Crippen molar-refractivity contribution in [3.05, 3.63) is 101 Å². The minimum atomic E-state index is -0.189. The number of aromatic nitrogens is 2. The SMILES string of the molecule is O=C(NCc1cccc(Cc2ccccc2)c1)c1ccc2cnc(NC3CCOCC3)cc2n1. The largest absolute Gasteiger partial charge is 0.381 e. The number of anilines is 1. The van der Waals surface area contributed by atoms with E-state index in [1.807, 2.05) is 30.3 Å². The second kappa shape index (κ2) is 10.4. The first kappa shape index (κ1) is 22.0. The van der Waals surface area contributed by atoms with Gasteiger partial charge in [-0.1, -0.05) is 54.6 Å². The maximum absolute atomic E-state index is 12.8. The number of ether oxygens (including phenoxy) is 1. The van der Waals surface area contributed by atoms with Crippen LogP contribution in [0.2, 0.25) is 0 Å². The van der Waals surface area contributed by atoms with E-state index in [1.54, 1.807) is 12.3 Å². The molecule has 0 spiro atoms. The first-order valence-electron chi connectivity index (χ1n) is 11.7. The molecule has 34 heavy (non-hydrogen) atoms. The number of nitrogens with one attached hydrogen (secondary N) is 2. The smallest absolute Gasteiger partial charge is 0.270 e. The maximum atomic E-state index is 12.8. The van der Waals surface area contributed by atoms with Gasteiger partial charge in [0.25, 0.3) is 5.91 Å². The Morgan fingerprint density at radius 2 is 1.71 bits per heavy atom. The zero-order valence-corrected chi connectivity index (χ0v) is 19.0. The Morgan fingerprint density at radius 3 is 2.56 bits per heavy atom. The van der Waals surface area contributed by atoms with Gasteiger partial charge < -0.3 is 15.4 Å². The molecule has 1 aliphatic heterocycles. The fourth-order valence-corrected chi connectivity index (χ4v) is 4.23. The number of hydrogen-bond donors (Lipinski definition) is 2. The highest BCUT2D eigenvalue weighted by Crippen LogP contribution is 2.19. The second-order valence-electron chi connectivity index (χ2n) is 8.65. The predicted octanol–water partition coefficient (Wildman–Crippen LogP) is 4.74. The van der Waals surface area contributed by atoms with Crippen molar-refractivity contribution < 1.29 is 9.53 Å². The van der Waals surface area contributed by atoms with Crippen LogP contribution in [0.1, 0.15) is 40.0 Å². The molecule has 0 atom stereocenters. The Labute approximate surface area is 199 Å².